The second-order valence-corrected chi connectivity index (χ2v) is 21.6. The van der Waals surface area contributed by atoms with Crippen LogP contribution in [0.25, 0.3) is 105 Å². The topological polar surface area (TPSA) is 38.5 Å². The maximum Gasteiger partial charge on any atom is 0.247 e. The lowest BCUT2D eigenvalue weighted by Gasteiger charge is -2.31. The van der Waals surface area contributed by atoms with Gasteiger partial charge in [0.25, 0.3) is 0 Å². The Morgan fingerprint density at radius 1 is 0.299 bits per heavy atom. The van der Waals surface area contributed by atoms with Crippen molar-refractivity contribution in [3.63, 3.8) is 0 Å². The van der Waals surface area contributed by atoms with Crippen LogP contribution in [0.5, 0.6) is 0 Å². The molecule has 12 aromatic rings. The third-order valence-corrected chi connectivity index (χ3v) is 16.5. The van der Waals surface area contributed by atoms with Gasteiger partial charge in [-0.2, -0.15) is 0 Å². The van der Waals surface area contributed by atoms with Gasteiger partial charge in [-0.1, -0.05) is 188 Å². The minimum Gasteiger partial charge on any atom is -0.309 e. The van der Waals surface area contributed by atoms with Crippen molar-refractivity contribution < 1.29 is 0 Å². The molecule has 4 heteroatoms. The van der Waals surface area contributed by atoms with Crippen LogP contribution in [-0.4, -0.2) is 11.1 Å². The normalized spacial score (nSPS) is 11.9. The molecule has 10 aromatic carbocycles. The van der Waals surface area contributed by atoms with E-state index in [0.29, 0.717) is 27.1 Å². The predicted octanol–water partition coefficient (Wildman–Crippen LogP) is 16.2. The van der Waals surface area contributed by atoms with Crippen LogP contribution in [0.3, 0.4) is 0 Å². The van der Waals surface area contributed by atoms with Gasteiger partial charge < -0.3 is 4.40 Å². The quantitative estimate of drug-likeness (QED) is 0.0907. The molecule has 0 amide bonds. The molecule has 3 nitrogen and oxygen atoms in total. The first-order valence-electron chi connectivity index (χ1n) is 27.3. The smallest absolute Gasteiger partial charge is 0.247 e. The molecule has 0 aliphatic carbocycles. The fourth-order valence-electron chi connectivity index (χ4n) is 13.6. The highest BCUT2D eigenvalue weighted by Gasteiger charge is 2.37. The van der Waals surface area contributed by atoms with E-state index in [2.05, 4.69) is 237 Å². The third kappa shape index (κ3) is 7.87. The van der Waals surface area contributed by atoms with Crippen LogP contribution >= 0.6 is 0 Å². The van der Waals surface area contributed by atoms with E-state index >= 15 is 9.59 Å². The number of aryl methyl sites for hydroxylation is 9. The fourth-order valence-corrected chi connectivity index (χ4v) is 13.6. The molecule has 13 rings (SSSR count). The molecule has 1 aliphatic heterocycles. The minimum atomic E-state index is -0.294. The van der Waals surface area contributed by atoms with Crippen molar-refractivity contribution in [2.75, 3.05) is 0 Å². The molecule has 0 N–H and O–H groups in total. The lowest BCUT2D eigenvalue weighted by atomic mass is 9.34. The summed E-state index contributed by atoms with van der Waals surface area (Å²) in [5.41, 5.74) is 29.3. The average Bonchev–Trinajstić information content (AvgIpc) is 3.33. The summed E-state index contributed by atoms with van der Waals surface area (Å²) in [6.45, 7) is 23.4. The first kappa shape index (κ1) is 49.3. The summed E-state index contributed by atoms with van der Waals surface area (Å²) >= 11 is 0. The number of nitrogens with zero attached hydrogens (tertiary/aromatic N) is 1. The summed E-state index contributed by atoms with van der Waals surface area (Å²) in [6.07, 6.45) is 0. The molecule has 1 aliphatic rings. The van der Waals surface area contributed by atoms with Crippen LogP contribution in [-0.2, 0) is 0 Å². The minimum absolute atomic E-state index is 0.0666. The molecule has 77 heavy (non-hydrogen) atoms. The predicted molar refractivity (Wildman–Crippen MR) is 331 cm³/mol. The summed E-state index contributed by atoms with van der Waals surface area (Å²) in [7, 11) is 0. The van der Waals surface area contributed by atoms with Gasteiger partial charge in [0.2, 0.25) is 6.71 Å². The maximum atomic E-state index is 16.0. The van der Waals surface area contributed by atoms with Gasteiger partial charge >= 0.3 is 0 Å². The van der Waals surface area contributed by atoms with Gasteiger partial charge in [0.1, 0.15) is 0 Å². The first-order chi connectivity index (χ1) is 37.2. The SMILES string of the molecule is CC.Cc1cc(C)c(B2c3cc(-c4cc(C)c(-c5ccccc5)c(C)c4)cc4c(=O)c5cc(-c6cc(C)c(-c7ccccc7)c(C)c6)cc6c(=O)c7cc(-c8cc(C)c(-c9ccccc9)c(C)c8)cc2c7n(c34)c56)c(C)c1. The van der Waals surface area contributed by atoms with Gasteiger partial charge in [0, 0.05) is 21.5 Å². The van der Waals surface area contributed by atoms with Crippen LogP contribution in [0.15, 0.2) is 186 Å². The van der Waals surface area contributed by atoms with E-state index in [1.165, 1.54) is 72.2 Å². The van der Waals surface area contributed by atoms with E-state index in [1.807, 2.05) is 19.9 Å². The Hall–Kier alpha value is -8.60. The molecular formula is C73H62BNO2. The standard InChI is InChI=1S/C71H56BNO2.C2H6/c1-39-25-46(8)66(47(9)26-39)72-61-37-55(52-29-42(4)64(43(5)30-52)49-21-15-11-16-22-49)35-59-68(61)73-67-57(70(59)74)33-54(51-27-40(2)63(41(3)28-51)48-19-13-10-14-20-48)34-58(67)71(75)60-36-56(38-62(72)69(60)73)53-31-44(6)65(45(7)32-53)50-23-17-12-18-24-50;1-2/h10-38H,1-9H3;1-2H3. The van der Waals surface area contributed by atoms with Gasteiger partial charge in [-0.3, -0.25) is 9.59 Å². The first-order valence-corrected chi connectivity index (χ1v) is 27.3. The molecule has 0 saturated carbocycles. The van der Waals surface area contributed by atoms with Crippen LogP contribution in [0, 0.1) is 62.3 Å². The van der Waals surface area contributed by atoms with Gasteiger partial charge in [-0.15, -0.1) is 0 Å². The molecular weight excluding hydrogens is 934 g/mol. The van der Waals surface area contributed by atoms with Crippen molar-refractivity contribution in [2.45, 2.75) is 76.2 Å². The number of pyridine rings is 2. The van der Waals surface area contributed by atoms with E-state index in [4.69, 9.17) is 0 Å². The van der Waals surface area contributed by atoms with Gasteiger partial charge in [0.15, 0.2) is 10.9 Å². The second kappa shape index (κ2) is 18.9. The lowest BCUT2D eigenvalue weighted by molar-refractivity contribution is 1.31. The molecule has 0 fully saturated rings. The number of rotatable bonds is 7. The number of aromatic nitrogens is 1. The lowest BCUT2D eigenvalue weighted by Crippen LogP contribution is -2.57. The van der Waals surface area contributed by atoms with E-state index < -0.39 is 0 Å². The van der Waals surface area contributed by atoms with E-state index in [1.54, 1.807) is 0 Å². The van der Waals surface area contributed by atoms with Crippen molar-refractivity contribution in [1.29, 1.82) is 0 Å². The molecule has 3 heterocycles. The van der Waals surface area contributed by atoms with Gasteiger partial charge in [0.05, 0.1) is 16.6 Å². The second-order valence-electron chi connectivity index (χ2n) is 21.6. The van der Waals surface area contributed by atoms with Crippen molar-refractivity contribution >= 4 is 61.2 Å². The Kier molecular flexibility index (Phi) is 12.1. The maximum absolute atomic E-state index is 16.0. The largest absolute Gasteiger partial charge is 0.309 e. The molecule has 0 saturated heterocycles. The zero-order chi connectivity index (χ0) is 53.7. The number of hydrogen-bond acceptors (Lipinski definition) is 2. The highest BCUT2D eigenvalue weighted by Crippen LogP contribution is 2.40. The molecule has 2 aromatic heterocycles. The summed E-state index contributed by atoms with van der Waals surface area (Å²) < 4.78 is 2.31. The Morgan fingerprint density at radius 2 is 0.571 bits per heavy atom. The zero-order valence-corrected chi connectivity index (χ0v) is 46.1. The molecule has 0 radical (unpaired) electrons. The van der Waals surface area contributed by atoms with E-state index in [9.17, 15) is 0 Å². The Bertz CT molecular complexity index is 4230. The van der Waals surface area contributed by atoms with Crippen LogP contribution in [0.4, 0.5) is 0 Å². The van der Waals surface area contributed by atoms with E-state index in [-0.39, 0.29) is 17.6 Å². The van der Waals surface area contributed by atoms with Crippen LogP contribution in [0.2, 0.25) is 0 Å². The van der Waals surface area contributed by atoms with Crippen LogP contribution < -0.4 is 27.2 Å². The monoisotopic (exact) mass is 995 g/mol. The summed E-state index contributed by atoms with van der Waals surface area (Å²) in [5.74, 6) is 0. The Balaban J connectivity index is 0.00000295. The zero-order valence-electron chi connectivity index (χ0n) is 46.1. The number of benzene rings is 10. The number of hydrogen-bond donors (Lipinski definition) is 0. The van der Waals surface area contributed by atoms with Crippen LogP contribution in [0.1, 0.15) is 63.9 Å². The van der Waals surface area contributed by atoms with Crippen molar-refractivity contribution in [3.05, 3.63) is 246 Å². The molecule has 0 unspecified atom stereocenters. The Morgan fingerprint density at radius 3 is 0.883 bits per heavy atom. The molecule has 0 atom stereocenters. The van der Waals surface area contributed by atoms with Crippen molar-refractivity contribution in [3.8, 4) is 66.8 Å². The van der Waals surface area contributed by atoms with Crippen molar-refractivity contribution in [1.82, 2.24) is 4.40 Å². The fraction of sp³-hybridized carbons (Fsp3) is 0.151. The van der Waals surface area contributed by atoms with Gasteiger partial charge in [-0.25, -0.2) is 0 Å². The summed E-state index contributed by atoms with van der Waals surface area (Å²) in [6, 6.07) is 63.0. The highest BCUT2D eigenvalue weighted by molar-refractivity contribution is 6.99. The van der Waals surface area contributed by atoms with Crippen molar-refractivity contribution in [2.24, 2.45) is 0 Å². The summed E-state index contributed by atoms with van der Waals surface area (Å²) in [4.78, 5) is 31.9. The van der Waals surface area contributed by atoms with E-state index in [0.717, 1.165) is 72.0 Å². The van der Waals surface area contributed by atoms with Gasteiger partial charge in [-0.05, 0) is 198 Å². The molecule has 374 valence electrons. The Labute approximate surface area is 452 Å². The third-order valence-electron chi connectivity index (χ3n) is 16.5. The molecule has 0 spiro atoms. The summed E-state index contributed by atoms with van der Waals surface area (Å²) in [5, 5.41) is 2.39. The molecule has 0 bridgehead atoms. The average molecular weight is 996 g/mol. The highest BCUT2D eigenvalue weighted by atomic mass is 16.1.